The third kappa shape index (κ3) is 4.51. The quantitative estimate of drug-likeness (QED) is 0.836. The molecule has 0 bridgehead atoms. The number of nitrogens with zero attached hydrogens (tertiary/aromatic N) is 1. The Morgan fingerprint density at radius 3 is 2.56 bits per heavy atom. The zero-order valence-electron chi connectivity index (χ0n) is 15.9. The van der Waals surface area contributed by atoms with Crippen molar-refractivity contribution < 1.29 is 17.6 Å². The van der Waals surface area contributed by atoms with Crippen molar-refractivity contribution in [3.05, 3.63) is 41.7 Å². The molecule has 0 aromatic heterocycles. The van der Waals surface area contributed by atoms with Crippen molar-refractivity contribution in [3.63, 3.8) is 0 Å². The van der Waals surface area contributed by atoms with Crippen LogP contribution in [0.1, 0.15) is 45.1 Å². The van der Waals surface area contributed by atoms with Crippen molar-refractivity contribution in [1.82, 2.24) is 10.2 Å². The molecule has 1 heterocycles. The summed E-state index contributed by atoms with van der Waals surface area (Å²) >= 11 is 0. The van der Waals surface area contributed by atoms with Crippen molar-refractivity contribution in [2.45, 2.75) is 50.3 Å². The number of hydrogen-bond acceptors (Lipinski definition) is 3. The van der Waals surface area contributed by atoms with Crippen LogP contribution in [-0.2, 0) is 9.84 Å². The van der Waals surface area contributed by atoms with Gasteiger partial charge in [-0.15, -0.1) is 0 Å². The first-order valence-electron chi connectivity index (χ1n) is 9.41. The van der Waals surface area contributed by atoms with Gasteiger partial charge in [0.25, 0.3) is 0 Å². The van der Waals surface area contributed by atoms with Gasteiger partial charge in [0.1, 0.15) is 5.82 Å². The van der Waals surface area contributed by atoms with Gasteiger partial charge in [-0.05, 0) is 62.8 Å². The SMILES string of the molecule is CC1(C)CCN(C(=O)N[C@@H]2CC=C(c3ccc(F)cc3)CC2)CCS1(=O)=O. The first-order chi connectivity index (χ1) is 12.7. The number of rotatable bonds is 2. The molecule has 1 aromatic rings. The van der Waals surface area contributed by atoms with E-state index in [0.29, 0.717) is 13.0 Å². The maximum absolute atomic E-state index is 13.1. The molecule has 1 aliphatic carbocycles. The zero-order chi connectivity index (χ0) is 19.7. The fraction of sp³-hybridized carbons (Fsp3) is 0.550. The molecule has 0 saturated carbocycles. The van der Waals surface area contributed by atoms with Crippen LogP contribution in [0.4, 0.5) is 9.18 Å². The minimum absolute atomic E-state index is 0.00665. The number of carbonyl (C=O) groups is 1. The number of carbonyl (C=O) groups excluding carboxylic acids is 1. The van der Waals surface area contributed by atoms with Gasteiger partial charge in [0.05, 0.1) is 10.5 Å². The van der Waals surface area contributed by atoms with Crippen LogP contribution in [0.15, 0.2) is 30.3 Å². The monoisotopic (exact) mass is 394 g/mol. The minimum Gasteiger partial charge on any atom is -0.335 e. The van der Waals surface area contributed by atoms with E-state index in [1.807, 2.05) is 0 Å². The average Bonchev–Trinajstić information content (AvgIpc) is 2.72. The lowest BCUT2D eigenvalue weighted by Crippen LogP contribution is -2.46. The van der Waals surface area contributed by atoms with Crippen LogP contribution in [0.2, 0.25) is 0 Å². The molecule has 1 atom stereocenters. The highest BCUT2D eigenvalue weighted by atomic mass is 32.2. The van der Waals surface area contributed by atoms with E-state index in [0.717, 1.165) is 24.8 Å². The molecular weight excluding hydrogens is 367 g/mol. The lowest BCUT2D eigenvalue weighted by molar-refractivity contribution is 0.195. The highest BCUT2D eigenvalue weighted by Gasteiger charge is 2.38. The molecule has 0 radical (unpaired) electrons. The Morgan fingerprint density at radius 1 is 1.22 bits per heavy atom. The van der Waals surface area contributed by atoms with E-state index in [1.165, 1.54) is 17.7 Å². The van der Waals surface area contributed by atoms with Gasteiger partial charge in [0.15, 0.2) is 9.84 Å². The maximum Gasteiger partial charge on any atom is 0.317 e. The standard InChI is InChI=1S/C20H27FN2O3S/c1-20(2)11-12-23(13-14-27(20,25)26)19(24)22-18-9-5-16(6-10-18)15-3-7-17(21)8-4-15/h3-5,7-8,18H,6,9-14H2,1-2H3,(H,22,24)/t18-/m1/s1. The average molecular weight is 395 g/mol. The molecule has 7 heteroatoms. The van der Waals surface area contributed by atoms with Crippen molar-refractivity contribution in [2.24, 2.45) is 0 Å². The topological polar surface area (TPSA) is 66.5 Å². The molecule has 2 amide bonds. The van der Waals surface area contributed by atoms with Crippen LogP contribution in [0.25, 0.3) is 5.57 Å². The van der Waals surface area contributed by atoms with Crippen LogP contribution in [0.5, 0.6) is 0 Å². The zero-order valence-corrected chi connectivity index (χ0v) is 16.7. The molecule has 1 N–H and O–H groups in total. The third-order valence-corrected chi connectivity index (χ3v) is 8.30. The van der Waals surface area contributed by atoms with Gasteiger partial charge in [-0.25, -0.2) is 17.6 Å². The second-order valence-corrected chi connectivity index (χ2v) is 10.7. The van der Waals surface area contributed by atoms with Gasteiger partial charge in [-0.1, -0.05) is 18.2 Å². The van der Waals surface area contributed by atoms with E-state index in [9.17, 15) is 17.6 Å². The van der Waals surface area contributed by atoms with E-state index < -0.39 is 14.6 Å². The minimum atomic E-state index is -3.20. The van der Waals surface area contributed by atoms with E-state index in [-0.39, 0.29) is 30.2 Å². The summed E-state index contributed by atoms with van der Waals surface area (Å²) in [6.07, 6.45) is 4.89. The van der Waals surface area contributed by atoms with E-state index in [4.69, 9.17) is 0 Å². The summed E-state index contributed by atoms with van der Waals surface area (Å²) < 4.78 is 36.8. The smallest absolute Gasteiger partial charge is 0.317 e. The van der Waals surface area contributed by atoms with Gasteiger partial charge in [-0.3, -0.25) is 0 Å². The second kappa shape index (κ2) is 7.62. The van der Waals surface area contributed by atoms with Crippen LogP contribution in [0, 0.1) is 5.82 Å². The third-order valence-electron chi connectivity index (χ3n) is 5.70. The Balaban J connectivity index is 1.57. The van der Waals surface area contributed by atoms with Crippen LogP contribution < -0.4 is 5.32 Å². The van der Waals surface area contributed by atoms with Crippen molar-refractivity contribution >= 4 is 21.4 Å². The summed E-state index contributed by atoms with van der Waals surface area (Å²) in [6, 6.07) is 6.32. The number of halogens is 1. The lowest BCUT2D eigenvalue weighted by atomic mass is 9.91. The fourth-order valence-corrected chi connectivity index (χ4v) is 4.95. The summed E-state index contributed by atoms with van der Waals surface area (Å²) in [4.78, 5) is 14.2. The first kappa shape index (κ1) is 19.9. The molecule has 148 valence electrons. The molecule has 5 nitrogen and oxygen atoms in total. The molecule has 1 fully saturated rings. The number of amides is 2. The Bertz CT molecular complexity index is 831. The predicted octanol–water partition coefficient (Wildman–Crippen LogP) is 3.37. The van der Waals surface area contributed by atoms with Gasteiger partial charge in [0, 0.05) is 19.1 Å². The van der Waals surface area contributed by atoms with Crippen LogP contribution in [-0.4, -0.2) is 49.0 Å². The van der Waals surface area contributed by atoms with E-state index in [2.05, 4.69) is 11.4 Å². The van der Waals surface area contributed by atoms with Gasteiger partial charge < -0.3 is 10.2 Å². The highest BCUT2D eigenvalue weighted by Crippen LogP contribution is 2.28. The molecule has 27 heavy (non-hydrogen) atoms. The molecule has 1 aliphatic heterocycles. The molecule has 0 unspecified atom stereocenters. The number of benzene rings is 1. The summed E-state index contributed by atoms with van der Waals surface area (Å²) in [7, 11) is -3.20. The van der Waals surface area contributed by atoms with Gasteiger partial charge >= 0.3 is 6.03 Å². The Labute approximate surface area is 160 Å². The molecule has 2 aliphatic rings. The summed E-state index contributed by atoms with van der Waals surface area (Å²) in [5.74, 6) is -0.241. The normalized spacial score (nSPS) is 24.6. The van der Waals surface area contributed by atoms with Crippen LogP contribution >= 0.6 is 0 Å². The van der Waals surface area contributed by atoms with Crippen LogP contribution in [0.3, 0.4) is 0 Å². The molecule has 3 rings (SSSR count). The summed E-state index contributed by atoms with van der Waals surface area (Å²) in [6.45, 7) is 4.14. The molecule has 1 aromatic carbocycles. The molecular formula is C20H27FN2O3S. The Kier molecular flexibility index (Phi) is 5.60. The predicted molar refractivity (Wildman–Crippen MR) is 105 cm³/mol. The number of nitrogens with one attached hydrogen (secondary N) is 1. The summed E-state index contributed by atoms with van der Waals surface area (Å²) in [5, 5.41) is 3.04. The van der Waals surface area contributed by atoms with E-state index in [1.54, 1.807) is 30.9 Å². The first-order valence-corrected chi connectivity index (χ1v) is 11.1. The van der Waals surface area contributed by atoms with E-state index >= 15 is 0 Å². The van der Waals surface area contributed by atoms with Crippen molar-refractivity contribution in [1.29, 1.82) is 0 Å². The summed E-state index contributed by atoms with van der Waals surface area (Å²) in [5.41, 5.74) is 2.18. The number of allylic oxidation sites excluding steroid dienone is 1. The number of hydrogen-bond donors (Lipinski definition) is 1. The van der Waals surface area contributed by atoms with Gasteiger partial charge in [-0.2, -0.15) is 0 Å². The highest BCUT2D eigenvalue weighted by molar-refractivity contribution is 7.92. The van der Waals surface area contributed by atoms with Gasteiger partial charge in [0.2, 0.25) is 0 Å². The number of urea groups is 1. The Hall–Kier alpha value is -1.89. The Morgan fingerprint density at radius 2 is 1.93 bits per heavy atom. The number of sulfone groups is 1. The lowest BCUT2D eigenvalue weighted by Gasteiger charge is -2.27. The van der Waals surface area contributed by atoms with Crippen molar-refractivity contribution in [3.8, 4) is 0 Å². The fourth-order valence-electron chi connectivity index (χ4n) is 3.54. The second-order valence-electron chi connectivity index (χ2n) is 7.97. The molecule has 0 spiro atoms. The van der Waals surface area contributed by atoms with Crippen molar-refractivity contribution in [2.75, 3.05) is 18.8 Å². The maximum atomic E-state index is 13.1. The molecule has 1 saturated heterocycles. The largest absolute Gasteiger partial charge is 0.335 e.